The van der Waals surface area contributed by atoms with Crippen molar-refractivity contribution in [2.24, 2.45) is 0 Å². The molecule has 1 aromatic heterocycles. The molecule has 1 saturated heterocycles. The molecule has 1 aliphatic heterocycles. The maximum absolute atomic E-state index is 12.9. The van der Waals surface area contributed by atoms with E-state index in [2.05, 4.69) is 35.4 Å². The quantitative estimate of drug-likeness (QED) is 0.888. The monoisotopic (exact) mass is 323 g/mol. The molecule has 1 atom stereocenters. The predicted octanol–water partition coefficient (Wildman–Crippen LogP) is 3.06. The Labute approximate surface area is 143 Å². The first-order valence-corrected chi connectivity index (χ1v) is 8.67. The van der Waals surface area contributed by atoms with Gasteiger partial charge in [-0.1, -0.05) is 35.9 Å². The Morgan fingerprint density at radius 3 is 2.88 bits per heavy atom. The first-order valence-electron chi connectivity index (χ1n) is 8.67. The van der Waals surface area contributed by atoms with Gasteiger partial charge in [0.25, 0.3) is 0 Å². The molecule has 3 rings (SSSR count). The number of aryl methyl sites for hydroxylation is 1. The van der Waals surface area contributed by atoms with Crippen LogP contribution in [0.15, 0.2) is 48.7 Å². The fourth-order valence-electron chi connectivity index (χ4n) is 3.22. The topological polar surface area (TPSA) is 45.2 Å². The number of nitrogens with one attached hydrogen (secondary N) is 1. The van der Waals surface area contributed by atoms with Gasteiger partial charge in [0.2, 0.25) is 5.91 Å². The number of aromatic nitrogens is 1. The highest BCUT2D eigenvalue weighted by Crippen LogP contribution is 2.15. The summed E-state index contributed by atoms with van der Waals surface area (Å²) in [7, 11) is 0. The van der Waals surface area contributed by atoms with Crippen molar-refractivity contribution in [1.82, 2.24) is 15.2 Å². The Kier molecular flexibility index (Phi) is 5.59. The summed E-state index contributed by atoms with van der Waals surface area (Å²) in [4.78, 5) is 19.2. The van der Waals surface area contributed by atoms with Crippen molar-refractivity contribution in [3.63, 3.8) is 0 Å². The molecule has 4 heteroatoms. The maximum atomic E-state index is 12.9. The predicted molar refractivity (Wildman–Crippen MR) is 95.3 cm³/mol. The Morgan fingerprint density at radius 2 is 2.17 bits per heavy atom. The molecule has 0 bridgehead atoms. The van der Waals surface area contributed by atoms with E-state index in [9.17, 15) is 4.79 Å². The summed E-state index contributed by atoms with van der Waals surface area (Å²) in [5, 5.41) is 3.42. The summed E-state index contributed by atoms with van der Waals surface area (Å²) in [6.07, 6.45) is 4.60. The first kappa shape index (κ1) is 16.7. The minimum atomic E-state index is 0.196. The fraction of sp³-hybridized carbons (Fsp3) is 0.400. The number of hydrogen-bond acceptors (Lipinski definition) is 3. The third-order valence-electron chi connectivity index (χ3n) is 4.47. The van der Waals surface area contributed by atoms with Gasteiger partial charge in [-0.05, 0) is 44.0 Å². The molecule has 1 aromatic carbocycles. The van der Waals surface area contributed by atoms with Gasteiger partial charge in [0, 0.05) is 25.2 Å². The van der Waals surface area contributed by atoms with Crippen LogP contribution < -0.4 is 5.32 Å². The van der Waals surface area contributed by atoms with Crippen LogP contribution in [0.4, 0.5) is 0 Å². The van der Waals surface area contributed by atoms with Crippen LogP contribution in [0.2, 0.25) is 0 Å². The fourth-order valence-corrected chi connectivity index (χ4v) is 3.22. The van der Waals surface area contributed by atoms with Gasteiger partial charge in [-0.15, -0.1) is 0 Å². The zero-order valence-electron chi connectivity index (χ0n) is 14.2. The molecule has 1 fully saturated rings. The van der Waals surface area contributed by atoms with Crippen LogP contribution in [0.25, 0.3) is 0 Å². The molecular formula is C20H25N3O. The average molecular weight is 323 g/mol. The van der Waals surface area contributed by atoms with Gasteiger partial charge in [0.05, 0.1) is 12.2 Å². The number of rotatable bonds is 6. The number of pyridine rings is 1. The maximum Gasteiger partial charge on any atom is 0.224 e. The number of amides is 1. The van der Waals surface area contributed by atoms with Gasteiger partial charge < -0.3 is 10.2 Å². The third kappa shape index (κ3) is 4.65. The van der Waals surface area contributed by atoms with Crippen LogP contribution in [0.1, 0.15) is 36.1 Å². The van der Waals surface area contributed by atoms with Crippen molar-refractivity contribution >= 4 is 5.91 Å². The van der Waals surface area contributed by atoms with E-state index in [0.717, 1.165) is 25.1 Å². The molecule has 0 radical (unpaired) electrons. The van der Waals surface area contributed by atoms with Crippen LogP contribution in [-0.2, 0) is 17.9 Å². The average Bonchev–Trinajstić information content (AvgIpc) is 3.08. The summed E-state index contributed by atoms with van der Waals surface area (Å²) >= 11 is 0. The molecule has 2 aromatic rings. The molecular weight excluding hydrogens is 298 g/mol. The van der Waals surface area contributed by atoms with Crippen LogP contribution in [0.3, 0.4) is 0 Å². The number of benzene rings is 1. The van der Waals surface area contributed by atoms with E-state index in [1.807, 2.05) is 29.2 Å². The van der Waals surface area contributed by atoms with E-state index in [4.69, 9.17) is 0 Å². The van der Waals surface area contributed by atoms with Gasteiger partial charge in [-0.3, -0.25) is 9.78 Å². The van der Waals surface area contributed by atoms with Crippen molar-refractivity contribution in [2.75, 3.05) is 6.54 Å². The van der Waals surface area contributed by atoms with E-state index in [-0.39, 0.29) is 5.91 Å². The lowest BCUT2D eigenvalue weighted by Gasteiger charge is -2.24. The van der Waals surface area contributed by atoms with Gasteiger partial charge in [0.1, 0.15) is 0 Å². The summed E-state index contributed by atoms with van der Waals surface area (Å²) in [6.45, 7) is 4.29. The van der Waals surface area contributed by atoms with Gasteiger partial charge >= 0.3 is 0 Å². The third-order valence-corrected chi connectivity index (χ3v) is 4.47. The zero-order chi connectivity index (χ0) is 16.8. The number of carbonyl (C=O) groups is 1. The second-order valence-corrected chi connectivity index (χ2v) is 6.56. The first-order chi connectivity index (χ1) is 11.7. The molecule has 2 heterocycles. The Hall–Kier alpha value is -2.20. The van der Waals surface area contributed by atoms with E-state index in [1.165, 1.54) is 11.1 Å². The van der Waals surface area contributed by atoms with Crippen LogP contribution in [-0.4, -0.2) is 28.4 Å². The second kappa shape index (κ2) is 8.06. The van der Waals surface area contributed by atoms with Gasteiger partial charge in [-0.2, -0.15) is 0 Å². The summed E-state index contributed by atoms with van der Waals surface area (Å²) in [6, 6.07) is 14.5. The standard InChI is InChI=1S/C20H25N3O/c1-16-6-4-7-17(12-16)14-23(15-19-8-2-3-10-22-19)20(24)13-18-9-5-11-21-18/h2-4,6-8,10,12,18,21H,5,9,11,13-15H2,1H3. The van der Waals surface area contributed by atoms with Crippen LogP contribution >= 0.6 is 0 Å². The number of hydrogen-bond donors (Lipinski definition) is 1. The molecule has 1 N–H and O–H groups in total. The van der Waals surface area contributed by atoms with E-state index < -0.39 is 0 Å². The summed E-state index contributed by atoms with van der Waals surface area (Å²) in [5.41, 5.74) is 3.31. The van der Waals surface area contributed by atoms with Crippen molar-refractivity contribution in [3.8, 4) is 0 Å². The highest BCUT2D eigenvalue weighted by atomic mass is 16.2. The molecule has 126 valence electrons. The van der Waals surface area contributed by atoms with E-state index in [0.29, 0.717) is 25.6 Å². The highest BCUT2D eigenvalue weighted by molar-refractivity contribution is 5.76. The molecule has 0 saturated carbocycles. The molecule has 1 aliphatic rings. The van der Waals surface area contributed by atoms with E-state index in [1.54, 1.807) is 6.20 Å². The minimum Gasteiger partial charge on any atom is -0.332 e. The molecule has 24 heavy (non-hydrogen) atoms. The second-order valence-electron chi connectivity index (χ2n) is 6.56. The number of nitrogens with zero attached hydrogens (tertiary/aromatic N) is 2. The van der Waals surface area contributed by atoms with Crippen molar-refractivity contribution in [3.05, 3.63) is 65.5 Å². The smallest absolute Gasteiger partial charge is 0.224 e. The molecule has 1 amide bonds. The van der Waals surface area contributed by atoms with Crippen molar-refractivity contribution in [1.29, 1.82) is 0 Å². The summed E-state index contributed by atoms with van der Waals surface area (Å²) in [5.74, 6) is 0.196. The van der Waals surface area contributed by atoms with Crippen molar-refractivity contribution in [2.45, 2.75) is 45.3 Å². The largest absolute Gasteiger partial charge is 0.332 e. The molecule has 4 nitrogen and oxygen atoms in total. The van der Waals surface area contributed by atoms with Gasteiger partial charge in [-0.25, -0.2) is 0 Å². The lowest BCUT2D eigenvalue weighted by Crippen LogP contribution is -2.35. The molecule has 1 unspecified atom stereocenters. The molecule has 0 aliphatic carbocycles. The number of carbonyl (C=O) groups excluding carboxylic acids is 1. The zero-order valence-corrected chi connectivity index (χ0v) is 14.2. The lowest BCUT2D eigenvalue weighted by molar-refractivity contribution is -0.133. The van der Waals surface area contributed by atoms with E-state index >= 15 is 0 Å². The SMILES string of the molecule is Cc1cccc(CN(Cc2ccccn2)C(=O)CC2CCCN2)c1. The lowest BCUT2D eigenvalue weighted by atomic mass is 10.1. The van der Waals surface area contributed by atoms with Crippen molar-refractivity contribution < 1.29 is 4.79 Å². The molecule has 0 spiro atoms. The minimum absolute atomic E-state index is 0.196. The van der Waals surface area contributed by atoms with Crippen LogP contribution in [0, 0.1) is 6.92 Å². The Balaban J connectivity index is 1.73. The highest BCUT2D eigenvalue weighted by Gasteiger charge is 2.22. The normalized spacial score (nSPS) is 17.0. The Bertz CT molecular complexity index is 666. The van der Waals surface area contributed by atoms with Crippen LogP contribution in [0.5, 0.6) is 0 Å². The van der Waals surface area contributed by atoms with Gasteiger partial charge in [0.15, 0.2) is 0 Å². The Morgan fingerprint density at radius 1 is 1.25 bits per heavy atom. The summed E-state index contributed by atoms with van der Waals surface area (Å²) < 4.78 is 0.